The van der Waals surface area contributed by atoms with Gasteiger partial charge in [-0.25, -0.2) is 0 Å². The molecule has 20 heavy (non-hydrogen) atoms. The molecule has 2 N–H and O–H groups in total. The molecule has 0 bridgehead atoms. The van der Waals surface area contributed by atoms with Crippen LogP contribution < -0.4 is 14.8 Å². The molecule has 108 valence electrons. The minimum atomic E-state index is -0.853. The summed E-state index contributed by atoms with van der Waals surface area (Å²) in [6.07, 6.45) is 0. The summed E-state index contributed by atoms with van der Waals surface area (Å²) in [6, 6.07) is 5.16. The van der Waals surface area contributed by atoms with Gasteiger partial charge in [-0.05, 0) is 12.1 Å². The summed E-state index contributed by atoms with van der Waals surface area (Å²) in [6.45, 7) is 1.81. The lowest BCUT2D eigenvalue weighted by Crippen LogP contribution is -2.17. The van der Waals surface area contributed by atoms with Crippen molar-refractivity contribution in [1.29, 1.82) is 0 Å². The van der Waals surface area contributed by atoms with Gasteiger partial charge in [-0.3, -0.25) is 9.59 Å². The fourth-order valence-corrected chi connectivity index (χ4v) is 2.44. The van der Waals surface area contributed by atoms with E-state index in [1.54, 1.807) is 25.1 Å². The van der Waals surface area contributed by atoms with Crippen molar-refractivity contribution in [3.63, 3.8) is 0 Å². The zero-order chi connectivity index (χ0) is 14.5. The average Bonchev–Trinajstić information content (AvgIpc) is 2.85. The first-order chi connectivity index (χ1) is 9.56. The monoisotopic (exact) mass is 297 g/mol. The second kappa shape index (κ2) is 6.51. The van der Waals surface area contributed by atoms with Crippen molar-refractivity contribution in [2.24, 2.45) is 5.92 Å². The third-order valence-electron chi connectivity index (χ3n) is 2.68. The number of thioether (sulfide) groups is 1. The lowest BCUT2D eigenvalue weighted by Gasteiger charge is -2.07. The predicted molar refractivity (Wildman–Crippen MR) is 75.3 cm³/mol. The summed E-state index contributed by atoms with van der Waals surface area (Å²) in [5.41, 5.74) is 0.631. The summed E-state index contributed by atoms with van der Waals surface area (Å²) in [5.74, 6) is 0.400. The summed E-state index contributed by atoms with van der Waals surface area (Å²) < 4.78 is 10.4. The number of carboxylic acid groups (broad SMARTS) is 1. The van der Waals surface area contributed by atoms with Crippen molar-refractivity contribution in [2.75, 3.05) is 23.6 Å². The zero-order valence-electron chi connectivity index (χ0n) is 10.9. The Balaban J connectivity index is 1.78. The Kier molecular flexibility index (Phi) is 4.73. The third-order valence-corrected chi connectivity index (χ3v) is 3.88. The van der Waals surface area contributed by atoms with E-state index in [2.05, 4.69) is 5.32 Å². The van der Waals surface area contributed by atoms with E-state index in [1.807, 2.05) is 0 Å². The second-order valence-corrected chi connectivity index (χ2v) is 5.40. The van der Waals surface area contributed by atoms with Crippen LogP contribution in [0.2, 0.25) is 0 Å². The van der Waals surface area contributed by atoms with Gasteiger partial charge >= 0.3 is 5.97 Å². The van der Waals surface area contributed by atoms with E-state index in [4.69, 9.17) is 14.6 Å². The average molecular weight is 297 g/mol. The minimum absolute atomic E-state index is 0.175. The van der Waals surface area contributed by atoms with Crippen LogP contribution in [0.25, 0.3) is 0 Å². The van der Waals surface area contributed by atoms with Gasteiger partial charge in [0.25, 0.3) is 0 Å². The zero-order valence-corrected chi connectivity index (χ0v) is 11.7. The van der Waals surface area contributed by atoms with E-state index in [9.17, 15) is 9.59 Å². The molecule has 1 amide bonds. The summed E-state index contributed by atoms with van der Waals surface area (Å²) in [5, 5.41) is 11.5. The Bertz CT molecular complexity index is 519. The summed E-state index contributed by atoms with van der Waals surface area (Å²) >= 11 is 1.29. The van der Waals surface area contributed by atoms with E-state index in [0.717, 1.165) is 0 Å². The van der Waals surface area contributed by atoms with E-state index < -0.39 is 11.9 Å². The van der Waals surface area contributed by atoms with Crippen LogP contribution in [0.5, 0.6) is 11.5 Å². The van der Waals surface area contributed by atoms with Crippen molar-refractivity contribution in [3.05, 3.63) is 18.2 Å². The molecule has 0 saturated carbocycles. The number of carbonyl (C=O) groups excluding carboxylic acids is 1. The number of hydrogen-bond acceptors (Lipinski definition) is 5. The number of amides is 1. The van der Waals surface area contributed by atoms with Gasteiger partial charge in [0.15, 0.2) is 11.5 Å². The SMILES string of the molecule is CC(CSCC(=O)Nc1ccc2c(c1)OCO2)C(=O)O. The molecule has 1 atom stereocenters. The maximum atomic E-state index is 11.7. The van der Waals surface area contributed by atoms with Crippen molar-refractivity contribution in [2.45, 2.75) is 6.92 Å². The number of carbonyl (C=O) groups is 2. The van der Waals surface area contributed by atoms with Gasteiger partial charge in [0.2, 0.25) is 12.7 Å². The van der Waals surface area contributed by atoms with E-state index >= 15 is 0 Å². The Morgan fingerprint density at radius 3 is 2.90 bits per heavy atom. The first-order valence-electron chi connectivity index (χ1n) is 6.06. The van der Waals surface area contributed by atoms with Gasteiger partial charge in [0, 0.05) is 17.5 Å². The Labute approximate surface area is 120 Å². The standard InChI is InChI=1S/C13H15NO5S/c1-8(13(16)17)5-20-6-12(15)14-9-2-3-10-11(4-9)19-7-18-10/h2-4,8H,5-7H2,1H3,(H,14,15)(H,16,17). The molecule has 6 nitrogen and oxygen atoms in total. The number of fused-ring (bicyclic) bond motifs is 1. The largest absolute Gasteiger partial charge is 0.481 e. The number of carboxylic acids is 1. The first-order valence-corrected chi connectivity index (χ1v) is 7.22. The fourth-order valence-electron chi connectivity index (χ4n) is 1.57. The molecular weight excluding hydrogens is 282 g/mol. The summed E-state index contributed by atoms with van der Waals surface area (Å²) in [4.78, 5) is 22.3. The van der Waals surface area contributed by atoms with Crippen LogP contribution in [-0.4, -0.2) is 35.3 Å². The molecule has 1 aliphatic heterocycles. The Morgan fingerprint density at radius 1 is 1.40 bits per heavy atom. The van der Waals surface area contributed by atoms with Gasteiger partial charge in [-0.2, -0.15) is 11.8 Å². The highest BCUT2D eigenvalue weighted by molar-refractivity contribution is 8.00. The molecule has 1 aromatic carbocycles. The van der Waals surface area contributed by atoms with Gasteiger partial charge in [0.1, 0.15) is 0 Å². The van der Waals surface area contributed by atoms with Crippen LogP contribution in [0.1, 0.15) is 6.92 Å². The molecule has 7 heteroatoms. The van der Waals surface area contributed by atoms with Crippen LogP contribution in [0.3, 0.4) is 0 Å². The molecule has 0 aliphatic carbocycles. The minimum Gasteiger partial charge on any atom is -0.481 e. The van der Waals surface area contributed by atoms with Crippen LogP contribution in [-0.2, 0) is 9.59 Å². The highest BCUT2D eigenvalue weighted by Crippen LogP contribution is 2.34. The molecule has 1 aromatic rings. The summed E-state index contributed by atoms with van der Waals surface area (Å²) in [7, 11) is 0. The molecule has 1 unspecified atom stereocenters. The molecule has 0 radical (unpaired) electrons. The molecule has 0 spiro atoms. The van der Waals surface area contributed by atoms with Crippen molar-refractivity contribution >= 4 is 29.3 Å². The number of anilines is 1. The second-order valence-electron chi connectivity index (χ2n) is 4.37. The third kappa shape index (κ3) is 3.80. The van der Waals surface area contributed by atoms with Gasteiger partial charge in [0.05, 0.1) is 11.7 Å². The van der Waals surface area contributed by atoms with Crippen LogP contribution in [0.15, 0.2) is 18.2 Å². The number of nitrogens with one attached hydrogen (secondary N) is 1. The van der Waals surface area contributed by atoms with Crippen molar-refractivity contribution in [1.82, 2.24) is 0 Å². The predicted octanol–water partition coefficient (Wildman–Crippen LogP) is 1.81. The van der Waals surface area contributed by atoms with Crippen LogP contribution in [0, 0.1) is 5.92 Å². The number of benzene rings is 1. The molecule has 0 saturated heterocycles. The Morgan fingerprint density at radius 2 is 2.15 bits per heavy atom. The Hall–Kier alpha value is -1.89. The molecule has 1 heterocycles. The first kappa shape index (κ1) is 14.5. The highest BCUT2D eigenvalue weighted by Gasteiger charge is 2.15. The van der Waals surface area contributed by atoms with Crippen molar-refractivity contribution in [3.8, 4) is 11.5 Å². The quantitative estimate of drug-likeness (QED) is 0.833. The molecule has 1 aliphatic rings. The van der Waals surface area contributed by atoms with Crippen LogP contribution in [0.4, 0.5) is 5.69 Å². The lowest BCUT2D eigenvalue weighted by molar-refractivity contribution is -0.140. The highest BCUT2D eigenvalue weighted by atomic mass is 32.2. The number of hydrogen-bond donors (Lipinski definition) is 2. The van der Waals surface area contributed by atoms with E-state index in [0.29, 0.717) is 22.9 Å². The molecular formula is C13H15NO5S. The normalized spacial score (nSPS) is 13.8. The van der Waals surface area contributed by atoms with E-state index in [-0.39, 0.29) is 18.5 Å². The molecule has 0 aromatic heterocycles. The van der Waals surface area contributed by atoms with Crippen LogP contribution >= 0.6 is 11.8 Å². The maximum Gasteiger partial charge on any atom is 0.307 e. The topological polar surface area (TPSA) is 84.9 Å². The smallest absolute Gasteiger partial charge is 0.307 e. The van der Waals surface area contributed by atoms with E-state index in [1.165, 1.54) is 11.8 Å². The molecule has 0 fully saturated rings. The molecule has 2 rings (SSSR count). The maximum absolute atomic E-state index is 11.7. The van der Waals surface area contributed by atoms with Crippen molar-refractivity contribution < 1.29 is 24.2 Å². The van der Waals surface area contributed by atoms with Gasteiger partial charge < -0.3 is 19.9 Å². The van der Waals surface area contributed by atoms with Gasteiger partial charge in [-0.15, -0.1) is 0 Å². The number of rotatable bonds is 6. The fraction of sp³-hybridized carbons (Fsp3) is 0.385. The lowest BCUT2D eigenvalue weighted by atomic mass is 10.2. The number of aliphatic carboxylic acids is 1. The number of ether oxygens (including phenoxy) is 2. The van der Waals surface area contributed by atoms with Gasteiger partial charge in [-0.1, -0.05) is 6.92 Å².